The number of ketones is 1. The summed E-state index contributed by atoms with van der Waals surface area (Å²) in [6.45, 7) is 0.972. The Morgan fingerprint density at radius 3 is 2.21 bits per heavy atom. The van der Waals surface area contributed by atoms with Crippen LogP contribution >= 0.6 is 0 Å². The number of hydrogen-bond donors (Lipinski definition) is 2. The number of methoxy groups -OCH3 is 1. The molecule has 2 aromatic carbocycles. The van der Waals surface area contributed by atoms with E-state index in [2.05, 4.69) is 10.6 Å². The van der Waals surface area contributed by atoms with Crippen LogP contribution in [-0.2, 0) is 19.1 Å². The summed E-state index contributed by atoms with van der Waals surface area (Å²) >= 11 is 0. The molecule has 2 amide bonds. The molecule has 0 aliphatic rings. The van der Waals surface area contributed by atoms with Crippen LogP contribution in [0.25, 0.3) is 0 Å². The second-order valence-corrected chi connectivity index (χ2v) is 6.13. The number of carbonyl (C=O) groups is 4. The van der Waals surface area contributed by atoms with Gasteiger partial charge in [0.15, 0.2) is 12.4 Å². The normalized spacial score (nSPS) is 10.0. The fourth-order valence-electron chi connectivity index (χ4n) is 2.37. The summed E-state index contributed by atoms with van der Waals surface area (Å²) in [5.41, 5.74) is 1.45. The van der Waals surface area contributed by atoms with Gasteiger partial charge in [-0.05, 0) is 31.2 Å². The number of Topliss-reactive ketones (excluding diaryl/α,β-unsaturated/α-hetero) is 1. The van der Waals surface area contributed by atoms with Crippen molar-refractivity contribution in [3.63, 3.8) is 0 Å². The quantitative estimate of drug-likeness (QED) is 0.496. The molecule has 0 spiro atoms. The first-order valence-electron chi connectivity index (χ1n) is 8.88. The molecule has 29 heavy (non-hydrogen) atoms. The number of carbonyl (C=O) groups excluding carboxylic acids is 4. The molecule has 0 fully saturated rings. The lowest BCUT2D eigenvalue weighted by Crippen LogP contribution is -2.21. The zero-order valence-corrected chi connectivity index (χ0v) is 16.2. The molecule has 0 bridgehead atoms. The number of amides is 2. The molecule has 2 rings (SSSR count). The first kappa shape index (κ1) is 21.6. The Morgan fingerprint density at radius 1 is 0.862 bits per heavy atom. The first-order valence-corrected chi connectivity index (χ1v) is 8.88. The number of nitrogens with one attached hydrogen (secondary N) is 2. The molecule has 0 radical (unpaired) electrons. The van der Waals surface area contributed by atoms with E-state index in [4.69, 9.17) is 9.47 Å². The van der Waals surface area contributed by atoms with E-state index in [9.17, 15) is 19.2 Å². The lowest BCUT2D eigenvalue weighted by Gasteiger charge is -2.08. The molecular formula is C21H22N2O6. The summed E-state index contributed by atoms with van der Waals surface area (Å²) in [6, 6.07) is 13.3. The molecule has 0 aromatic heterocycles. The first-order chi connectivity index (χ1) is 13.9. The minimum Gasteiger partial charge on any atom is -0.497 e. The third-order valence-electron chi connectivity index (χ3n) is 3.83. The van der Waals surface area contributed by atoms with Crippen molar-refractivity contribution in [1.82, 2.24) is 0 Å². The Hall–Kier alpha value is -3.68. The maximum absolute atomic E-state index is 11.9. The van der Waals surface area contributed by atoms with Crippen LogP contribution in [0.2, 0.25) is 0 Å². The van der Waals surface area contributed by atoms with Gasteiger partial charge in [-0.3, -0.25) is 19.2 Å². The smallest absolute Gasteiger partial charge is 0.306 e. The minimum atomic E-state index is -0.668. The molecule has 0 aliphatic heterocycles. The zero-order chi connectivity index (χ0) is 21.2. The highest BCUT2D eigenvalue weighted by molar-refractivity contribution is 5.97. The van der Waals surface area contributed by atoms with Gasteiger partial charge in [0.25, 0.3) is 5.91 Å². The highest BCUT2D eigenvalue weighted by atomic mass is 16.5. The summed E-state index contributed by atoms with van der Waals surface area (Å²) in [4.78, 5) is 46.9. The highest BCUT2D eigenvalue weighted by Crippen LogP contribution is 2.16. The van der Waals surface area contributed by atoms with Gasteiger partial charge in [-0.2, -0.15) is 0 Å². The highest BCUT2D eigenvalue weighted by Gasteiger charge is 2.12. The molecule has 0 heterocycles. The van der Waals surface area contributed by atoms with E-state index >= 15 is 0 Å². The Bertz CT molecular complexity index is 910. The Labute approximate surface area is 168 Å². The minimum absolute atomic E-state index is 0.110. The fraction of sp³-hybridized carbons (Fsp3) is 0.238. The van der Waals surface area contributed by atoms with Crippen molar-refractivity contribution in [2.75, 3.05) is 24.4 Å². The van der Waals surface area contributed by atoms with E-state index in [-0.39, 0.29) is 18.6 Å². The number of ether oxygens (including phenoxy) is 2. The third kappa shape index (κ3) is 7.45. The van der Waals surface area contributed by atoms with Crippen molar-refractivity contribution >= 4 is 34.9 Å². The molecule has 0 aliphatic carbocycles. The third-order valence-corrected chi connectivity index (χ3v) is 3.83. The summed E-state index contributed by atoms with van der Waals surface area (Å²) in [7, 11) is 1.51. The van der Waals surface area contributed by atoms with Crippen LogP contribution in [0.15, 0.2) is 48.5 Å². The number of esters is 1. The van der Waals surface area contributed by atoms with Crippen molar-refractivity contribution < 1.29 is 28.7 Å². The second kappa shape index (κ2) is 10.6. The van der Waals surface area contributed by atoms with Crippen molar-refractivity contribution in [2.24, 2.45) is 0 Å². The van der Waals surface area contributed by atoms with Gasteiger partial charge >= 0.3 is 5.97 Å². The maximum atomic E-state index is 11.9. The molecule has 2 aromatic rings. The van der Waals surface area contributed by atoms with Gasteiger partial charge in [-0.25, -0.2) is 0 Å². The molecule has 2 N–H and O–H groups in total. The van der Waals surface area contributed by atoms with Crippen LogP contribution in [-0.4, -0.2) is 37.3 Å². The monoisotopic (exact) mass is 398 g/mol. The lowest BCUT2D eigenvalue weighted by atomic mass is 10.1. The topological polar surface area (TPSA) is 111 Å². The predicted molar refractivity (Wildman–Crippen MR) is 107 cm³/mol. The largest absolute Gasteiger partial charge is 0.497 e. The molecule has 0 saturated carbocycles. The van der Waals surface area contributed by atoms with Gasteiger partial charge in [-0.1, -0.05) is 18.2 Å². The second-order valence-electron chi connectivity index (χ2n) is 6.13. The molecule has 0 saturated heterocycles. The average molecular weight is 398 g/mol. The molecule has 0 atom stereocenters. The Morgan fingerprint density at radius 2 is 1.52 bits per heavy atom. The molecular weight excluding hydrogens is 376 g/mol. The summed E-state index contributed by atoms with van der Waals surface area (Å²) < 4.78 is 9.94. The van der Waals surface area contributed by atoms with Crippen LogP contribution in [0.4, 0.5) is 11.4 Å². The predicted octanol–water partition coefficient (Wildman–Crippen LogP) is 2.80. The van der Waals surface area contributed by atoms with Gasteiger partial charge < -0.3 is 20.1 Å². The fourth-order valence-corrected chi connectivity index (χ4v) is 2.37. The molecule has 8 nitrogen and oxygen atoms in total. The van der Waals surface area contributed by atoms with Crippen LogP contribution in [0.3, 0.4) is 0 Å². The zero-order valence-electron chi connectivity index (χ0n) is 16.2. The molecule has 8 heteroatoms. The summed E-state index contributed by atoms with van der Waals surface area (Å²) in [5.74, 6) is -1.10. The van der Waals surface area contributed by atoms with Gasteiger partial charge in [0.05, 0.1) is 13.5 Å². The van der Waals surface area contributed by atoms with Gasteiger partial charge in [-0.15, -0.1) is 0 Å². The number of rotatable bonds is 9. The van der Waals surface area contributed by atoms with E-state index in [1.165, 1.54) is 14.0 Å². The van der Waals surface area contributed by atoms with E-state index < -0.39 is 24.4 Å². The van der Waals surface area contributed by atoms with E-state index in [1.807, 2.05) is 0 Å². The average Bonchev–Trinajstić information content (AvgIpc) is 2.71. The Kier molecular flexibility index (Phi) is 7.90. The van der Waals surface area contributed by atoms with Crippen molar-refractivity contribution in [3.8, 4) is 5.75 Å². The number of benzene rings is 2. The number of hydrogen-bond acceptors (Lipinski definition) is 6. The van der Waals surface area contributed by atoms with Gasteiger partial charge in [0, 0.05) is 29.4 Å². The van der Waals surface area contributed by atoms with E-state index in [1.54, 1.807) is 48.5 Å². The molecule has 152 valence electrons. The van der Waals surface area contributed by atoms with E-state index in [0.717, 1.165) is 0 Å². The Balaban J connectivity index is 1.72. The van der Waals surface area contributed by atoms with Gasteiger partial charge in [0.2, 0.25) is 5.91 Å². The maximum Gasteiger partial charge on any atom is 0.306 e. The summed E-state index contributed by atoms with van der Waals surface area (Å²) in [6.07, 6.45) is -0.286. The van der Waals surface area contributed by atoms with Crippen LogP contribution in [0.1, 0.15) is 30.1 Å². The molecule has 0 unspecified atom stereocenters. The van der Waals surface area contributed by atoms with Crippen molar-refractivity contribution in [3.05, 3.63) is 54.1 Å². The number of anilines is 2. The van der Waals surface area contributed by atoms with Crippen LogP contribution in [0, 0.1) is 0 Å². The van der Waals surface area contributed by atoms with Crippen molar-refractivity contribution in [1.29, 1.82) is 0 Å². The van der Waals surface area contributed by atoms with Crippen LogP contribution in [0.5, 0.6) is 5.75 Å². The van der Waals surface area contributed by atoms with Crippen molar-refractivity contribution in [2.45, 2.75) is 19.8 Å². The lowest BCUT2D eigenvalue weighted by molar-refractivity contribution is -0.147. The summed E-state index contributed by atoms with van der Waals surface area (Å²) in [5, 5.41) is 5.19. The SMILES string of the molecule is COc1cccc(NC(=O)COC(=O)CCC(=O)Nc2cccc(C(C)=O)c2)c1. The van der Waals surface area contributed by atoms with Crippen LogP contribution < -0.4 is 15.4 Å². The van der Waals surface area contributed by atoms with E-state index in [0.29, 0.717) is 22.7 Å². The van der Waals surface area contributed by atoms with Gasteiger partial charge in [0.1, 0.15) is 5.75 Å². The standard InChI is InChI=1S/C21H22N2O6/c1-14(24)15-5-3-6-16(11-15)22-19(25)9-10-21(27)29-13-20(26)23-17-7-4-8-18(12-17)28-2/h3-8,11-12H,9-10,13H2,1-2H3,(H,22,25)(H,23,26).